The molecular formula is C17H15N5O6S2. The van der Waals surface area contributed by atoms with Gasteiger partial charge in [-0.3, -0.25) is 24.9 Å². The second-order valence-corrected chi connectivity index (χ2v) is 8.78. The Hall–Kier alpha value is -3.58. The van der Waals surface area contributed by atoms with E-state index in [9.17, 15) is 23.3 Å². The molecule has 13 heteroatoms. The SMILES string of the molecule is COc1ccc([N+](=O)[O-])cc1NS(=O)(=O)c1nnc(NC(=O)c2cccc(C)c2)s1. The first-order valence-electron chi connectivity index (χ1n) is 8.26. The third-order valence-electron chi connectivity index (χ3n) is 3.78. The van der Waals surface area contributed by atoms with E-state index >= 15 is 0 Å². The minimum absolute atomic E-state index is 0.0205. The number of methoxy groups -OCH3 is 1. The monoisotopic (exact) mass is 449 g/mol. The van der Waals surface area contributed by atoms with Crippen LogP contribution in [0.1, 0.15) is 15.9 Å². The number of aromatic nitrogens is 2. The second-order valence-electron chi connectivity index (χ2n) is 5.94. The minimum atomic E-state index is -4.23. The van der Waals surface area contributed by atoms with Gasteiger partial charge in [0, 0.05) is 17.7 Å². The molecule has 0 bridgehead atoms. The lowest BCUT2D eigenvalue weighted by Gasteiger charge is -2.09. The van der Waals surface area contributed by atoms with Crippen LogP contribution in [0.5, 0.6) is 5.75 Å². The van der Waals surface area contributed by atoms with Gasteiger partial charge < -0.3 is 4.74 Å². The number of benzene rings is 2. The summed E-state index contributed by atoms with van der Waals surface area (Å²) in [6.07, 6.45) is 0. The number of carbonyl (C=O) groups is 1. The maximum atomic E-state index is 12.6. The molecule has 0 aliphatic rings. The van der Waals surface area contributed by atoms with Gasteiger partial charge >= 0.3 is 0 Å². The van der Waals surface area contributed by atoms with Crippen LogP contribution in [0.2, 0.25) is 0 Å². The van der Waals surface area contributed by atoms with E-state index in [4.69, 9.17) is 4.74 Å². The molecule has 0 saturated heterocycles. The molecule has 1 amide bonds. The molecule has 30 heavy (non-hydrogen) atoms. The predicted octanol–water partition coefficient (Wildman–Crippen LogP) is 2.82. The van der Waals surface area contributed by atoms with Crippen LogP contribution >= 0.6 is 11.3 Å². The number of nitro groups is 1. The number of sulfonamides is 1. The molecule has 2 N–H and O–H groups in total. The van der Waals surface area contributed by atoms with E-state index in [2.05, 4.69) is 20.2 Å². The van der Waals surface area contributed by atoms with Gasteiger partial charge in [-0.05, 0) is 25.1 Å². The average Bonchev–Trinajstić information content (AvgIpc) is 3.17. The normalized spacial score (nSPS) is 11.0. The highest BCUT2D eigenvalue weighted by molar-refractivity contribution is 7.94. The van der Waals surface area contributed by atoms with E-state index in [1.54, 1.807) is 18.2 Å². The fraction of sp³-hybridized carbons (Fsp3) is 0.118. The van der Waals surface area contributed by atoms with Crippen molar-refractivity contribution in [2.45, 2.75) is 11.3 Å². The summed E-state index contributed by atoms with van der Waals surface area (Å²) in [5.74, 6) is -0.381. The summed E-state index contributed by atoms with van der Waals surface area (Å²) in [5, 5.41) is 20.7. The maximum Gasteiger partial charge on any atom is 0.291 e. The van der Waals surface area contributed by atoms with Gasteiger partial charge in [-0.2, -0.15) is 8.42 Å². The van der Waals surface area contributed by atoms with Gasteiger partial charge in [-0.15, -0.1) is 10.2 Å². The summed E-state index contributed by atoms with van der Waals surface area (Å²) >= 11 is 0.631. The van der Waals surface area contributed by atoms with Crippen molar-refractivity contribution in [1.82, 2.24) is 10.2 Å². The Kier molecular flexibility index (Phi) is 5.94. The van der Waals surface area contributed by atoms with Crippen molar-refractivity contribution in [2.75, 3.05) is 17.1 Å². The third-order valence-corrected chi connectivity index (χ3v) is 6.35. The number of non-ortho nitro benzene ring substituents is 1. The fourth-order valence-corrected chi connectivity index (χ4v) is 4.36. The molecule has 0 spiro atoms. The second kappa shape index (κ2) is 8.42. The number of carbonyl (C=O) groups excluding carboxylic acids is 1. The summed E-state index contributed by atoms with van der Waals surface area (Å²) in [6, 6.07) is 10.3. The third kappa shape index (κ3) is 4.69. The van der Waals surface area contributed by atoms with Crippen LogP contribution < -0.4 is 14.8 Å². The van der Waals surface area contributed by atoms with E-state index in [-0.39, 0.29) is 22.3 Å². The van der Waals surface area contributed by atoms with Crippen LogP contribution in [0, 0.1) is 17.0 Å². The molecule has 3 rings (SSSR count). The predicted molar refractivity (Wildman–Crippen MR) is 109 cm³/mol. The molecule has 0 atom stereocenters. The lowest BCUT2D eigenvalue weighted by atomic mass is 10.1. The van der Waals surface area contributed by atoms with Gasteiger partial charge in [0.05, 0.1) is 17.7 Å². The van der Waals surface area contributed by atoms with Gasteiger partial charge in [0.15, 0.2) is 0 Å². The zero-order valence-electron chi connectivity index (χ0n) is 15.6. The molecule has 0 fully saturated rings. The van der Waals surface area contributed by atoms with Crippen molar-refractivity contribution >= 4 is 43.8 Å². The number of rotatable bonds is 7. The first kappa shape index (κ1) is 21.1. The number of hydrogen-bond acceptors (Lipinski definition) is 9. The molecule has 0 aliphatic carbocycles. The Morgan fingerprint density at radius 1 is 1.20 bits per heavy atom. The van der Waals surface area contributed by atoms with Crippen molar-refractivity contribution < 1.29 is 22.9 Å². The highest BCUT2D eigenvalue weighted by atomic mass is 32.2. The molecule has 0 radical (unpaired) electrons. The summed E-state index contributed by atoms with van der Waals surface area (Å²) in [6.45, 7) is 1.83. The quantitative estimate of drug-likeness (QED) is 0.317. The van der Waals surface area contributed by atoms with Gasteiger partial charge in [-0.25, -0.2) is 0 Å². The van der Waals surface area contributed by atoms with Gasteiger partial charge in [-0.1, -0.05) is 29.0 Å². The molecule has 0 unspecified atom stereocenters. The smallest absolute Gasteiger partial charge is 0.291 e. The lowest BCUT2D eigenvalue weighted by molar-refractivity contribution is -0.384. The highest BCUT2D eigenvalue weighted by Crippen LogP contribution is 2.31. The first-order chi connectivity index (χ1) is 14.2. The number of amides is 1. The van der Waals surface area contributed by atoms with Crippen LogP contribution in [-0.4, -0.2) is 36.6 Å². The summed E-state index contributed by atoms with van der Waals surface area (Å²) in [4.78, 5) is 22.6. The topological polar surface area (TPSA) is 153 Å². The Labute approximate surface area is 174 Å². The van der Waals surface area contributed by atoms with E-state index in [0.717, 1.165) is 11.6 Å². The van der Waals surface area contributed by atoms with E-state index in [1.807, 2.05) is 13.0 Å². The number of hydrogen-bond donors (Lipinski definition) is 2. The molecule has 2 aromatic carbocycles. The van der Waals surface area contributed by atoms with Gasteiger partial charge in [0.25, 0.3) is 26.0 Å². The molecule has 1 heterocycles. The molecule has 0 aliphatic heterocycles. The Balaban J connectivity index is 1.81. The standard InChI is InChI=1S/C17H15N5O6S2/c1-10-4-3-5-11(8-10)15(23)18-16-19-20-17(29-16)30(26,27)21-13-9-12(22(24)25)6-7-14(13)28-2/h3-9,21H,1-2H3,(H,18,19,23). The van der Waals surface area contributed by atoms with Crippen LogP contribution in [0.15, 0.2) is 46.8 Å². The number of nitrogens with zero attached hydrogens (tertiary/aromatic N) is 3. The zero-order chi connectivity index (χ0) is 21.9. The zero-order valence-corrected chi connectivity index (χ0v) is 17.3. The van der Waals surface area contributed by atoms with E-state index in [0.29, 0.717) is 16.9 Å². The minimum Gasteiger partial charge on any atom is -0.495 e. The van der Waals surface area contributed by atoms with E-state index < -0.39 is 25.2 Å². The Bertz CT molecular complexity index is 1220. The number of nitro benzene ring substituents is 1. The number of aryl methyl sites for hydroxylation is 1. The summed E-state index contributed by atoms with van der Waals surface area (Å²) in [5.41, 5.74) is 0.816. The largest absolute Gasteiger partial charge is 0.495 e. The van der Waals surface area contributed by atoms with Crippen molar-refractivity contribution in [1.29, 1.82) is 0 Å². The maximum absolute atomic E-state index is 12.6. The average molecular weight is 449 g/mol. The molecular weight excluding hydrogens is 434 g/mol. The number of nitrogens with one attached hydrogen (secondary N) is 2. The summed E-state index contributed by atoms with van der Waals surface area (Å²) in [7, 11) is -2.94. The molecule has 3 aromatic rings. The van der Waals surface area contributed by atoms with Gasteiger partial charge in [0.1, 0.15) is 5.75 Å². The highest BCUT2D eigenvalue weighted by Gasteiger charge is 2.24. The molecule has 156 valence electrons. The molecule has 11 nitrogen and oxygen atoms in total. The fourth-order valence-electron chi connectivity index (χ4n) is 2.40. The molecule has 0 saturated carbocycles. The van der Waals surface area contributed by atoms with Crippen molar-refractivity contribution in [3.8, 4) is 5.75 Å². The van der Waals surface area contributed by atoms with Crippen LogP contribution in [-0.2, 0) is 10.0 Å². The first-order valence-corrected chi connectivity index (χ1v) is 10.6. The van der Waals surface area contributed by atoms with E-state index in [1.165, 1.54) is 19.2 Å². The van der Waals surface area contributed by atoms with Crippen molar-refractivity contribution in [3.63, 3.8) is 0 Å². The van der Waals surface area contributed by atoms with Crippen LogP contribution in [0.25, 0.3) is 0 Å². The van der Waals surface area contributed by atoms with Crippen molar-refractivity contribution in [2.24, 2.45) is 0 Å². The number of ether oxygens (including phenoxy) is 1. The molecule has 1 aromatic heterocycles. The summed E-state index contributed by atoms with van der Waals surface area (Å²) < 4.78 is 32.0. The Morgan fingerprint density at radius 3 is 2.63 bits per heavy atom. The Morgan fingerprint density at radius 2 is 1.97 bits per heavy atom. The van der Waals surface area contributed by atoms with Crippen LogP contribution in [0.3, 0.4) is 0 Å². The van der Waals surface area contributed by atoms with Crippen LogP contribution in [0.4, 0.5) is 16.5 Å². The lowest BCUT2D eigenvalue weighted by Crippen LogP contribution is -2.13. The number of anilines is 2. The van der Waals surface area contributed by atoms with Gasteiger partial charge in [0.2, 0.25) is 5.13 Å². The van der Waals surface area contributed by atoms with Crippen molar-refractivity contribution in [3.05, 3.63) is 63.7 Å².